The summed E-state index contributed by atoms with van der Waals surface area (Å²) in [6.45, 7) is 2.67. The highest BCUT2D eigenvalue weighted by Gasteiger charge is 2.20. The van der Waals surface area contributed by atoms with Crippen molar-refractivity contribution in [1.82, 2.24) is 9.97 Å². The van der Waals surface area contributed by atoms with Crippen molar-refractivity contribution < 1.29 is 31.8 Å². The van der Waals surface area contributed by atoms with Gasteiger partial charge in [0.05, 0.1) is 16.1 Å². The van der Waals surface area contributed by atoms with Crippen LogP contribution in [0.15, 0.2) is 53.7 Å². The highest BCUT2D eigenvalue weighted by atomic mass is 32.2. The Hall–Kier alpha value is -3.44. The van der Waals surface area contributed by atoms with E-state index in [0.29, 0.717) is 35.7 Å². The quantitative estimate of drug-likeness (QED) is 0.541. The predicted molar refractivity (Wildman–Crippen MR) is 107 cm³/mol. The number of rotatable bonds is 8. The lowest BCUT2D eigenvalue weighted by atomic mass is 10.1. The Morgan fingerprint density at radius 2 is 1.71 bits per heavy atom. The van der Waals surface area contributed by atoms with Crippen molar-refractivity contribution in [2.45, 2.75) is 18.4 Å². The summed E-state index contributed by atoms with van der Waals surface area (Å²) in [4.78, 5) is 19.0. The van der Waals surface area contributed by atoms with Crippen LogP contribution < -0.4 is 4.72 Å². The van der Waals surface area contributed by atoms with Crippen LogP contribution in [-0.2, 0) is 21.4 Å². The van der Waals surface area contributed by atoms with Crippen LogP contribution >= 0.6 is 0 Å². The van der Waals surface area contributed by atoms with Crippen LogP contribution in [0.25, 0.3) is 11.1 Å². The van der Waals surface area contributed by atoms with Gasteiger partial charge in [-0.3, -0.25) is 4.72 Å². The van der Waals surface area contributed by atoms with Gasteiger partial charge in [0.25, 0.3) is 10.0 Å². The molecular weight excluding hydrogens is 432 g/mol. The summed E-state index contributed by atoms with van der Waals surface area (Å²) >= 11 is 0. The molecule has 0 aliphatic carbocycles. The fourth-order valence-electron chi connectivity index (χ4n) is 2.59. The van der Waals surface area contributed by atoms with E-state index in [0.717, 1.165) is 0 Å². The van der Waals surface area contributed by atoms with Gasteiger partial charge in [-0.2, -0.15) is 0 Å². The molecule has 0 radical (unpaired) electrons. The Kier molecular flexibility index (Phi) is 6.56. The van der Waals surface area contributed by atoms with Gasteiger partial charge in [0.1, 0.15) is 18.2 Å². The van der Waals surface area contributed by atoms with Crippen molar-refractivity contribution in [2.24, 2.45) is 0 Å². The zero-order valence-electron chi connectivity index (χ0n) is 16.2. The second kappa shape index (κ2) is 9.14. The summed E-state index contributed by atoms with van der Waals surface area (Å²) in [5, 5.41) is 8.80. The van der Waals surface area contributed by atoms with E-state index in [-0.39, 0.29) is 11.5 Å². The number of nitrogens with zero attached hydrogens (tertiary/aromatic N) is 2. The van der Waals surface area contributed by atoms with Crippen LogP contribution in [0.5, 0.6) is 0 Å². The Bertz CT molecular complexity index is 1200. The average Bonchev–Trinajstić information content (AvgIpc) is 2.74. The van der Waals surface area contributed by atoms with Crippen LogP contribution in [-0.4, -0.2) is 36.1 Å². The summed E-state index contributed by atoms with van der Waals surface area (Å²) in [5.74, 6) is -3.65. The number of nitrogens with one attached hydrogen (secondary N) is 1. The molecule has 0 unspecified atom stereocenters. The summed E-state index contributed by atoms with van der Waals surface area (Å²) in [6.07, 6.45) is 3.15. The molecule has 3 rings (SSSR count). The van der Waals surface area contributed by atoms with Crippen molar-refractivity contribution >= 4 is 21.7 Å². The molecule has 0 amide bonds. The standard InChI is InChI=1S/C20H17F2N3O5S/c1-2-30-11-19-23-9-13(10-24-19)12-3-5-14(6-4-12)31(28,29)25-18-8-16(21)15(20(26)27)7-17(18)22/h3-10,25H,2,11H2,1H3,(H,26,27). The summed E-state index contributed by atoms with van der Waals surface area (Å²) in [5.41, 5.74) is -0.316. The van der Waals surface area contributed by atoms with Gasteiger partial charge in [-0.15, -0.1) is 0 Å². The molecule has 0 aliphatic heterocycles. The Morgan fingerprint density at radius 1 is 1.06 bits per heavy atom. The first-order valence-electron chi connectivity index (χ1n) is 8.95. The van der Waals surface area contributed by atoms with Crippen molar-refractivity contribution in [3.63, 3.8) is 0 Å². The Morgan fingerprint density at radius 3 is 2.29 bits per heavy atom. The molecule has 1 heterocycles. The molecule has 2 N–H and O–H groups in total. The lowest BCUT2D eigenvalue weighted by molar-refractivity contribution is 0.0691. The number of hydrogen-bond acceptors (Lipinski definition) is 6. The largest absolute Gasteiger partial charge is 0.478 e. The number of carbonyl (C=O) groups is 1. The first-order valence-corrected chi connectivity index (χ1v) is 10.4. The maximum Gasteiger partial charge on any atom is 0.338 e. The second-order valence-electron chi connectivity index (χ2n) is 6.27. The van der Waals surface area contributed by atoms with E-state index < -0.39 is 38.9 Å². The minimum absolute atomic E-state index is 0.202. The zero-order chi connectivity index (χ0) is 22.6. The van der Waals surface area contributed by atoms with Crippen molar-refractivity contribution in [1.29, 1.82) is 0 Å². The van der Waals surface area contributed by atoms with Crippen LogP contribution in [0.2, 0.25) is 0 Å². The van der Waals surface area contributed by atoms with E-state index in [9.17, 15) is 22.0 Å². The monoisotopic (exact) mass is 449 g/mol. The van der Waals surface area contributed by atoms with Gasteiger partial charge in [0, 0.05) is 30.6 Å². The molecule has 0 bridgehead atoms. The van der Waals surface area contributed by atoms with Gasteiger partial charge in [0.15, 0.2) is 5.82 Å². The number of aromatic carboxylic acids is 1. The number of aromatic nitrogens is 2. The number of carboxylic acid groups (broad SMARTS) is 1. The third kappa shape index (κ3) is 5.19. The first kappa shape index (κ1) is 22.2. The fourth-order valence-corrected chi connectivity index (χ4v) is 3.65. The molecule has 162 valence electrons. The van der Waals surface area contributed by atoms with Gasteiger partial charge in [-0.05, 0) is 30.7 Å². The van der Waals surface area contributed by atoms with Gasteiger partial charge in [-0.1, -0.05) is 12.1 Å². The number of halogens is 2. The number of hydrogen-bond donors (Lipinski definition) is 2. The van der Waals surface area contributed by atoms with Crippen molar-refractivity contribution in [3.05, 3.63) is 71.8 Å². The van der Waals surface area contributed by atoms with E-state index in [1.807, 2.05) is 11.6 Å². The zero-order valence-corrected chi connectivity index (χ0v) is 17.0. The summed E-state index contributed by atoms with van der Waals surface area (Å²) in [6, 6.07) is 6.48. The molecule has 3 aromatic rings. The molecule has 8 nitrogen and oxygen atoms in total. The molecule has 31 heavy (non-hydrogen) atoms. The smallest absolute Gasteiger partial charge is 0.338 e. The number of sulfonamides is 1. The lowest BCUT2D eigenvalue weighted by Crippen LogP contribution is -2.15. The number of ether oxygens (including phenoxy) is 1. The molecule has 0 atom stereocenters. The Labute approximate surface area is 176 Å². The van der Waals surface area contributed by atoms with Crippen molar-refractivity contribution in [3.8, 4) is 11.1 Å². The number of anilines is 1. The number of benzene rings is 2. The van der Waals surface area contributed by atoms with Gasteiger partial charge in [-0.25, -0.2) is 32.0 Å². The van der Waals surface area contributed by atoms with Gasteiger partial charge < -0.3 is 9.84 Å². The number of carboxylic acids is 1. The van der Waals surface area contributed by atoms with Gasteiger partial charge >= 0.3 is 5.97 Å². The molecule has 0 saturated heterocycles. The van der Waals surface area contributed by atoms with Gasteiger partial charge in [0.2, 0.25) is 0 Å². The molecule has 0 fully saturated rings. The molecule has 1 aromatic heterocycles. The highest BCUT2D eigenvalue weighted by molar-refractivity contribution is 7.92. The van der Waals surface area contributed by atoms with Crippen LogP contribution in [0.1, 0.15) is 23.1 Å². The maximum absolute atomic E-state index is 14.1. The molecule has 2 aromatic carbocycles. The van der Waals surface area contributed by atoms with E-state index in [1.54, 1.807) is 12.4 Å². The highest BCUT2D eigenvalue weighted by Crippen LogP contribution is 2.25. The normalized spacial score (nSPS) is 11.3. The predicted octanol–water partition coefficient (Wildman–Crippen LogP) is 3.46. The summed E-state index contributed by atoms with van der Waals surface area (Å²) < 4.78 is 60.0. The van der Waals surface area contributed by atoms with E-state index in [1.165, 1.54) is 24.3 Å². The molecule has 11 heteroatoms. The molecule has 0 saturated carbocycles. The minimum atomic E-state index is -4.25. The second-order valence-corrected chi connectivity index (χ2v) is 7.95. The van der Waals surface area contributed by atoms with Crippen LogP contribution in [0.3, 0.4) is 0 Å². The van der Waals surface area contributed by atoms with Crippen LogP contribution in [0.4, 0.5) is 14.5 Å². The Balaban J connectivity index is 1.80. The molecule has 0 aliphatic rings. The third-order valence-corrected chi connectivity index (χ3v) is 5.55. The van der Waals surface area contributed by atoms with E-state index in [4.69, 9.17) is 9.84 Å². The molecular formula is C20H17F2N3O5S. The third-order valence-electron chi connectivity index (χ3n) is 4.17. The summed E-state index contributed by atoms with van der Waals surface area (Å²) in [7, 11) is -4.25. The first-order chi connectivity index (χ1) is 14.7. The fraction of sp³-hybridized carbons (Fsp3) is 0.150. The average molecular weight is 449 g/mol. The lowest BCUT2D eigenvalue weighted by Gasteiger charge is -2.11. The van der Waals surface area contributed by atoms with E-state index >= 15 is 0 Å². The van der Waals surface area contributed by atoms with E-state index in [2.05, 4.69) is 9.97 Å². The van der Waals surface area contributed by atoms with Crippen LogP contribution in [0, 0.1) is 11.6 Å². The van der Waals surface area contributed by atoms with Crippen molar-refractivity contribution in [2.75, 3.05) is 11.3 Å². The SMILES string of the molecule is CCOCc1ncc(-c2ccc(S(=O)(=O)Nc3cc(F)c(C(=O)O)cc3F)cc2)cn1. The molecule has 0 spiro atoms. The minimum Gasteiger partial charge on any atom is -0.478 e. The topological polar surface area (TPSA) is 118 Å². The maximum atomic E-state index is 14.1.